The zero-order chi connectivity index (χ0) is 11.5. The number of halogens is 1. The summed E-state index contributed by atoms with van der Waals surface area (Å²) in [6.45, 7) is 2.89. The van der Waals surface area contributed by atoms with Crippen molar-refractivity contribution in [3.8, 4) is 5.75 Å². The molecule has 0 saturated carbocycles. The van der Waals surface area contributed by atoms with Gasteiger partial charge in [-0.25, -0.2) is 4.39 Å². The Kier molecular flexibility index (Phi) is 3.44. The highest BCUT2D eigenvalue weighted by atomic mass is 19.1. The van der Waals surface area contributed by atoms with E-state index in [-0.39, 0.29) is 5.75 Å². The maximum atomic E-state index is 13.7. The summed E-state index contributed by atoms with van der Waals surface area (Å²) in [5.41, 5.74) is 1.53. The first-order valence-electron chi connectivity index (χ1n) is 5.88. The van der Waals surface area contributed by atoms with Crippen molar-refractivity contribution in [2.45, 2.75) is 38.6 Å². The van der Waals surface area contributed by atoms with Crippen LogP contribution in [0.15, 0.2) is 12.1 Å². The minimum atomic E-state index is -0.460. The van der Waals surface area contributed by atoms with Gasteiger partial charge >= 0.3 is 0 Å². The molecule has 1 atom stereocenters. The molecule has 1 fully saturated rings. The fourth-order valence-corrected chi connectivity index (χ4v) is 2.34. The molecule has 1 aromatic rings. The summed E-state index contributed by atoms with van der Waals surface area (Å²) in [5, 5.41) is 12.8. The van der Waals surface area contributed by atoms with E-state index >= 15 is 0 Å². The predicted octanol–water partition coefficient (Wildman–Crippen LogP) is 2.52. The van der Waals surface area contributed by atoms with Gasteiger partial charge in [0, 0.05) is 6.04 Å². The van der Waals surface area contributed by atoms with Crippen molar-refractivity contribution >= 4 is 0 Å². The van der Waals surface area contributed by atoms with Crippen LogP contribution in [0.4, 0.5) is 4.39 Å². The standard InChI is InChI=1S/C13H18FNO/c1-9-6-10(13(14)12(16)7-9)8-11-4-2-3-5-15-11/h6-7,11,15-16H,2-5,8H2,1H3. The fourth-order valence-electron chi connectivity index (χ4n) is 2.34. The number of nitrogens with one attached hydrogen (secondary N) is 1. The molecule has 2 rings (SSSR count). The molecular weight excluding hydrogens is 205 g/mol. The number of benzene rings is 1. The Balaban J connectivity index is 2.13. The topological polar surface area (TPSA) is 32.3 Å². The van der Waals surface area contributed by atoms with Gasteiger partial charge in [-0.3, -0.25) is 0 Å². The lowest BCUT2D eigenvalue weighted by Gasteiger charge is -2.23. The van der Waals surface area contributed by atoms with E-state index < -0.39 is 5.82 Å². The molecule has 0 spiro atoms. The summed E-state index contributed by atoms with van der Waals surface area (Å²) in [4.78, 5) is 0. The first kappa shape index (κ1) is 11.4. The monoisotopic (exact) mass is 223 g/mol. The summed E-state index contributed by atoms with van der Waals surface area (Å²) in [5.74, 6) is -0.691. The van der Waals surface area contributed by atoms with E-state index in [0.29, 0.717) is 18.0 Å². The molecule has 0 radical (unpaired) electrons. The van der Waals surface area contributed by atoms with Gasteiger partial charge in [0.2, 0.25) is 0 Å². The third-order valence-corrected chi connectivity index (χ3v) is 3.15. The highest BCUT2D eigenvalue weighted by Gasteiger charge is 2.16. The average molecular weight is 223 g/mol. The van der Waals surface area contributed by atoms with Gasteiger partial charge in [-0.2, -0.15) is 0 Å². The van der Waals surface area contributed by atoms with E-state index in [2.05, 4.69) is 5.32 Å². The van der Waals surface area contributed by atoms with Crippen molar-refractivity contribution in [1.29, 1.82) is 0 Å². The molecule has 1 heterocycles. The first-order chi connectivity index (χ1) is 7.66. The van der Waals surface area contributed by atoms with E-state index in [9.17, 15) is 9.50 Å². The van der Waals surface area contributed by atoms with Crippen LogP contribution in [0.25, 0.3) is 0 Å². The molecule has 2 N–H and O–H groups in total. The molecule has 1 unspecified atom stereocenters. The molecule has 3 heteroatoms. The summed E-state index contributed by atoms with van der Waals surface area (Å²) in [7, 11) is 0. The van der Waals surface area contributed by atoms with Gasteiger partial charge < -0.3 is 10.4 Å². The zero-order valence-corrected chi connectivity index (χ0v) is 9.59. The molecule has 2 nitrogen and oxygen atoms in total. The summed E-state index contributed by atoms with van der Waals surface area (Å²) < 4.78 is 13.7. The van der Waals surface area contributed by atoms with Crippen molar-refractivity contribution in [1.82, 2.24) is 5.32 Å². The molecule has 1 saturated heterocycles. The molecule has 0 amide bonds. The number of phenols is 1. The highest BCUT2D eigenvalue weighted by molar-refractivity contribution is 5.35. The second-order valence-corrected chi connectivity index (χ2v) is 4.61. The van der Waals surface area contributed by atoms with Gasteiger partial charge in [0.1, 0.15) is 0 Å². The van der Waals surface area contributed by atoms with Crippen molar-refractivity contribution in [3.05, 3.63) is 29.1 Å². The van der Waals surface area contributed by atoms with E-state index in [1.807, 2.05) is 13.0 Å². The summed E-state index contributed by atoms with van der Waals surface area (Å²) in [6, 6.07) is 3.64. The lowest BCUT2D eigenvalue weighted by atomic mass is 9.96. The van der Waals surface area contributed by atoms with Crippen molar-refractivity contribution in [2.24, 2.45) is 0 Å². The van der Waals surface area contributed by atoms with E-state index in [1.165, 1.54) is 18.9 Å². The number of piperidine rings is 1. The van der Waals surface area contributed by atoms with Gasteiger partial charge in [-0.05, 0) is 49.9 Å². The summed E-state index contributed by atoms with van der Waals surface area (Å²) in [6.07, 6.45) is 4.17. The largest absolute Gasteiger partial charge is 0.505 e. The van der Waals surface area contributed by atoms with Crippen LogP contribution < -0.4 is 5.32 Å². The number of aromatic hydroxyl groups is 1. The third kappa shape index (κ3) is 2.53. The molecule has 0 aromatic heterocycles. The van der Waals surface area contributed by atoms with E-state index in [0.717, 1.165) is 18.5 Å². The molecule has 1 aromatic carbocycles. The first-order valence-corrected chi connectivity index (χ1v) is 5.88. The molecule has 0 bridgehead atoms. The van der Waals surface area contributed by atoms with Gasteiger partial charge in [-0.1, -0.05) is 12.5 Å². The Morgan fingerprint density at radius 1 is 1.44 bits per heavy atom. The van der Waals surface area contributed by atoms with Crippen LogP contribution in [0, 0.1) is 12.7 Å². The highest BCUT2D eigenvalue weighted by Crippen LogP contribution is 2.23. The smallest absolute Gasteiger partial charge is 0.168 e. The Morgan fingerprint density at radius 2 is 2.25 bits per heavy atom. The Labute approximate surface area is 95.5 Å². The molecule has 0 aliphatic carbocycles. The molecule has 1 aliphatic rings. The maximum Gasteiger partial charge on any atom is 0.168 e. The number of rotatable bonds is 2. The van der Waals surface area contributed by atoms with Crippen LogP contribution >= 0.6 is 0 Å². The van der Waals surface area contributed by atoms with Crippen LogP contribution in [0.1, 0.15) is 30.4 Å². The minimum Gasteiger partial charge on any atom is -0.505 e. The number of hydrogen-bond donors (Lipinski definition) is 2. The van der Waals surface area contributed by atoms with Crippen LogP contribution in [0.2, 0.25) is 0 Å². The Hall–Kier alpha value is -1.09. The second-order valence-electron chi connectivity index (χ2n) is 4.61. The predicted molar refractivity (Wildman–Crippen MR) is 62.1 cm³/mol. The Bertz CT molecular complexity index is 372. The number of phenolic OH excluding ortho intramolecular Hbond substituents is 1. The van der Waals surface area contributed by atoms with Gasteiger partial charge in [0.25, 0.3) is 0 Å². The normalized spacial score (nSPS) is 21.0. The third-order valence-electron chi connectivity index (χ3n) is 3.15. The van der Waals surface area contributed by atoms with Gasteiger partial charge in [-0.15, -0.1) is 0 Å². The second kappa shape index (κ2) is 4.83. The van der Waals surface area contributed by atoms with Crippen LogP contribution in [-0.4, -0.2) is 17.7 Å². The molecular formula is C13H18FNO. The van der Waals surface area contributed by atoms with Crippen LogP contribution in [0.3, 0.4) is 0 Å². The lowest BCUT2D eigenvalue weighted by Crippen LogP contribution is -2.35. The average Bonchev–Trinajstić information content (AvgIpc) is 2.27. The van der Waals surface area contributed by atoms with Crippen LogP contribution in [-0.2, 0) is 6.42 Å². The molecule has 16 heavy (non-hydrogen) atoms. The Morgan fingerprint density at radius 3 is 2.94 bits per heavy atom. The van der Waals surface area contributed by atoms with Crippen molar-refractivity contribution in [3.63, 3.8) is 0 Å². The maximum absolute atomic E-state index is 13.7. The lowest BCUT2D eigenvalue weighted by molar-refractivity contribution is 0.388. The minimum absolute atomic E-state index is 0.231. The number of aryl methyl sites for hydroxylation is 1. The fraction of sp³-hybridized carbons (Fsp3) is 0.538. The SMILES string of the molecule is Cc1cc(O)c(F)c(CC2CCCCN2)c1. The zero-order valence-electron chi connectivity index (χ0n) is 9.59. The van der Waals surface area contributed by atoms with Crippen molar-refractivity contribution in [2.75, 3.05) is 6.54 Å². The quantitative estimate of drug-likeness (QED) is 0.807. The van der Waals surface area contributed by atoms with E-state index in [1.54, 1.807) is 0 Å². The number of hydrogen-bond acceptors (Lipinski definition) is 2. The van der Waals surface area contributed by atoms with Gasteiger partial charge in [0.15, 0.2) is 11.6 Å². The molecule has 88 valence electrons. The van der Waals surface area contributed by atoms with Gasteiger partial charge in [0.05, 0.1) is 0 Å². The van der Waals surface area contributed by atoms with E-state index in [4.69, 9.17) is 0 Å². The summed E-state index contributed by atoms with van der Waals surface area (Å²) >= 11 is 0. The van der Waals surface area contributed by atoms with Crippen molar-refractivity contribution < 1.29 is 9.50 Å². The van der Waals surface area contributed by atoms with Crippen LogP contribution in [0.5, 0.6) is 5.75 Å². The molecule has 1 aliphatic heterocycles.